The number of benzene rings is 2. The molecule has 0 radical (unpaired) electrons. The van der Waals surface area contributed by atoms with Crippen LogP contribution in [0.15, 0.2) is 53.0 Å². The molecule has 2 aromatic rings. The van der Waals surface area contributed by atoms with Gasteiger partial charge in [0, 0.05) is 35.1 Å². The summed E-state index contributed by atoms with van der Waals surface area (Å²) >= 11 is 9.34. The second-order valence-electron chi connectivity index (χ2n) is 4.93. The standard InChI is InChI=1S/C17H16BrClN2O2/c1-12(22)21(14-6-4-5-13(19)11-14)10-9-17(23)20-16-8-3-2-7-15(16)18/h2-8,11H,9-10H2,1H3,(H,20,23). The highest BCUT2D eigenvalue weighted by molar-refractivity contribution is 9.10. The molecule has 0 heterocycles. The van der Waals surface area contributed by atoms with E-state index < -0.39 is 0 Å². The van der Waals surface area contributed by atoms with Crippen molar-refractivity contribution in [3.8, 4) is 0 Å². The highest BCUT2D eigenvalue weighted by atomic mass is 79.9. The zero-order valence-corrected chi connectivity index (χ0v) is 14.9. The largest absolute Gasteiger partial charge is 0.325 e. The first-order valence-electron chi connectivity index (χ1n) is 7.05. The maximum atomic E-state index is 12.1. The van der Waals surface area contributed by atoms with Gasteiger partial charge in [0.15, 0.2) is 0 Å². The van der Waals surface area contributed by atoms with Crippen molar-refractivity contribution in [1.29, 1.82) is 0 Å². The van der Waals surface area contributed by atoms with Gasteiger partial charge in [0.05, 0.1) is 5.69 Å². The van der Waals surface area contributed by atoms with Crippen LogP contribution in [0.25, 0.3) is 0 Å². The minimum absolute atomic E-state index is 0.138. The molecule has 120 valence electrons. The number of nitrogens with zero attached hydrogens (tertiary/aromatic N) is 1. The molecule has 0 bridgehead atoms. The Balaban J connectivity index is 2.00. The van der Waals surface area contributed by atoms with Gasteiger partial charge in [-0.3, -0.25) is 9.59 Å². The van der Waals surface area contributed by atoms with E-state index >= 15 is 0 Å². The molecule has 0 aliphatic carbocycles. The van der Waals surface area contributed by atoms with Gasteiger partial charge in [-0.1, -0.05) is 29.8 Å². The number of hydrogen-bond donors (Lipinski definition) is 1. The number of halogens is 2. The number of carbonyl (C=O) groups excluding carboxylic acids is 2. The molecule has 2 amide bonds. The van der Waals surface area contributed by atoms with Crippen LogP contribution in [0.1, 0.15) is 13.3 Å². The number of hydrogen-bond acceptors (Lipinski definition) is 2. The zero-order valence-electron chi connectivity index (χ0n) is 12.6. The number of para-hydroxylation sites is 1. The maximum Gasteiger partial charge on any atom is 0.226 e. The molecule has 0 atom stereocenters. The van der Waals surface area contributed by atoms with Crippen LogP contribution in [-0.2, 0) is 9.59 Å². The molecular formula is C17H16BrClN2O2. The maximum absolute atomic E-state index is 12.1. The minimum Gasteiger partial charge on any atom is -0.325 e. The topological polar surface area (TPSA) is 49.4 Å². The molecule has 0 unspecified atom stereocenters. The van der Waals surface area contributed by atoms with Crippen molar-refractivity contribution in [2.75, 3.05) is 16.8 Å². The molecule has 0 saturated heterocycles. The van der Waals surface area contributed by atoms with E-state index in [4.69, 9.17) is 11.6 Å². The van der Waals surface area contributed by atoms with Crippen LogP contribution < -0.4 is 10.2 Å². The summed E-state index contributed by atoms with van der Waals surface area (Å²) in [5.41, 5.74) is 1.38. The molecule has 2 aromatic carbocycles. The van der Waals surface area contributed by atoms with Gasteiger partial charge in [-0.2, -0.15) is 0 Å². The molecule has 23 heavy (non-hydrogen) atoms. The van der Waals surface area contributed by atoms with Gasteiger partial charge < -0.3 is 10.2 Å². The van der Waals surface area contributed by atoms with Crippen LogP contribution in [0, 0.1) is 0 Å². The van der Waals surface area contributed by atoms with Gasteiger partial charge in [0.2, 0.25) is 11.8 Å². The summed E-state index contributed by atoms with van der Waals surface area (Å²) in [7, 11) is 0. The predicted octanol–water partition coefficient (Wildman–Crippen LogP) is 4.48. The molecule has 0 spiro atoms. The van der Waals surface area contributed by atoms with E-state index in [1.54, 1.807) is 24.3 Å². The summed E-state index contributed by atoms with van der Waals surface area (Å²) < 4.78 is 0.812. The third-order valence-electron chi connectivity index (χ3n) is 3.21. The molecule has 4 nitrogen and oxygen atoms in total. The fraction of sp³-hybridized carbons (Fsp3) is 0.176. The SMILES string of the molecule is CC(=O)N(CCC(=O)Nc1ccccc1Br)c1cccc(Cl)c1. The van der Waals surface area contributed by atoms with E-state index in [0.717, 1.165) is 4.47 Å². The molecular weight excluding hydrogens is 380 g/mol. The molecule has 0 aromatic heterocycles. The first-order chi connectivity index (χ1) is 11.0. The summed E-state index contributed by atoms with van der Waals surface area (Å²) in [6, 6.07) is 14.4. The van der Waals surface area contributed by atoms with Crippen molar-refractivity contribution in [1.82, 2.24) is 0 Å². The lowest BCUT2D eigenvalue weighted by molar-refractivity contribution is -0.117. The van der Waals surface area contributed by atoms with Gasteiger partial charge in [-0.15, -0.1) is 0 Å². The van der Waals surface area contributed by atoms with Gasteiger partial charge >= 0.3 is 0 Å². The van der Waals surface area contributed by atoms with Gasteiger partial charge in [-0.05, 0) is 46.3 Å². The lowest BCUT2D eigenvalue weighted by atomic mass is 10.2. The van der Waals surface area contributed by atoms with E-state index in [2.05, 4.69) is 21.2 Å². The summed E-state index contributed by atoms with van der Waals surface area (Å²) in [5.74, 6) is -0.300. The van der Waals surface area contributed by atoms with Crippen LogP contribution in [0.5, 0.6) is 0 Å². The number of nitrogens with one attached hydrogen (secondary N) is 1. The third kappa shape index (κ3) is 5.08. The van der Waals surface area contributed by atoms with Crippen molar-refractivity contribution in [2.24, 2.45) is 0 Å². The Morgan fingerprint density at radius 2 is 1.91 bits per heavy atom. The average Bonchev–Trinajstić information content (AvgIpc) is 2.49. The second kappa shape index (κ2) is 8.13. The molecule has 0 saturated carbocycles. The zero-order chi connectivity index (χ0) is 16.8. The number of anilines is 2. The first-order valence-corrected chi connectivity index (χ1v) is 8.22. The number of carbonyl (C=O) groups is 2. The van der Waals surface area contributed by atoms with Crippen molar-refractivity contribution < 1.29 is 9.59 Å². The summed E-state index contributed by atoms with van der Waals surface area (Å²) in [5, 5.41) is 3.37. The molecule has 0 aliphatic rings. The minimum atomic E-state index is -0.162. The van der Waals surface area contributed by atoms with Crippen LogP contribution >= 0.6 is 27.5 Å². The van der Waals surface area contributed by atoms with E-state index in [-0.39, 0.29) is 24.8 Å². The summed E-state index contributed by atoms with van der Waals surface area (Å²) in [4.78, 5) is 25.5. The quantitative estimate of drug-likeness (QED) is 0.811. The van der Waals surface area contributed by atoms with Gasteiger partial charge in [0.1, 0.15) is 0 Å². The fourth-order valence-corrected chi connectivity index (χ4v) is 2.67. The first kappa shape index (κ1) is 17.5. The van der Waals surface area contributed by atoms with E-state index in [1.807, 2.05) is 24.3 Å². The van der Waals surface area contributed by atoms with Crippen LogP contribution in [0.2, 0.25) is 5.02 Å². The number of amides is 2. The Labute approximate surface area is 148 Å². The van der Waals surface area contributed by atoms with Gasteiger partial charge in [0.25, 0.3) is 0 Å². The highest BCUT2D eigenvalue weighted by Gasteiger charge is 2.14. The smallest absolute Gasteiger partial charge is 0.226 e. The molecule has 1 N–H and O–H groups in total. The molecule has 0 fully saturated rings. The molecule has 2 rings (SSSR count). The fourth-order valence-electron chi connectivity index (χ4n) is 2.10. The lowest BCUT2D eigenvalue weighted by Crippen LogP contribution is -2.31. The molecule has 6 heteroatoms. The second-order valence-corrected chi connectivity index (χ2v) is 6.22. The summed E-state index contributed by atoms with van der Waals surface area (Å²) in [6.45, 7) is 1.75. The highest BCUT2D eigenvalue weighted by Crippen LogP contribution is 2.22. The van der Waals surface area contributed by atoms with Crippen molar-refractivity contribution in [3.63, 3.8) is 0 Å². The average molecular weight is 396 g/mol. The Morgan fingerprint density at radius 1 is 1.17 bits per heavy atom. The Bertz CT molecular complexity index is 721. The van der Waals surface area contributed by atoms with Crippen molar-refractivity contribution in [3.05, 3.63) is 58.0 Å². The Hall–Kier alpha value is -1.85. The monoisotopic (exact) mass is 394 g/mol. The Kier molecular flexibility index (Phi) is 6.19. The van der Waals surface area contributed by atoms with Crippen LogP contribution in [0.3, 0.4) is 0 Å². The van der Waals surface area contributed by atoms with E-state index in [0.29, 0.717) is 16.4 Å². The van der Waals surface area contributed by atoms with Crippen molar-refractivity contribution in [2.45, 2.75) is 13.3 Å². The third-order valence-corrected chi connectivity index (χ3v) is 4.14. The van der Waals surface area contributed by atoms with Crippen molar-refractivity contribution >= 4 is 50.7 Å². The van der Waals surface area contributed by atoms with Crippen LogP contribution in [-0.4, -0.2) is 18.4 Å². The van der Waals surface area contributed by atoms with Crippen LogP contribution in [0.4, 0.5) is 11.4 Å². The normalized spacial score (nSPS) is 10.2. The molecule has 0 aliphatic heterocycles. The van der Waals surface area contributed by atoms with Gasteiger partial charge in [-0.25, -0.2) is 0 Å². The number of rotatable bonds is 5. The van der Waals surface area contributed by atoms with E-state index in [1.165, 1.54) is 11.8 Å². The summed E-state index contributed by atoms with van der Waals surface area (Å²) in [6.07, 6.45) is 0.188. The Morgan fingerprint density at radius 3 is 2.57 bits per heavy atom. The predicted molar refractivity (Wildman–Crippen MR) is 96.9 cm³/mol. The lowest BCUT2D eigenvalue weighted by Gasteiger charge is -2.21. The van der Waals surface area contributed by atoms with E-state index in [9.17, 15) is 9.59 Å².